The maximum absolute atomic E-state index is 12.5. The largest absolute Gasteiger partial charge is 0.384 e. The Kier molecular flexibility index (Phi) is 4.44. The summed E-state index contributed by atoms with van der Waals surface area (Å²) in [5, 5.41) is 6.62. The highest BCUT2D eigenvalue weighted by Gasteiger charge is 2.29. The fourth-order valence-corrected chi connectivity index (χ4v) is 5.09. The van der Waals surface area contributed by atoms with Crippen LogP contribution in [0.1, 0.15) is 12.0 Å². The lowest BCUT2D eigenvalue weighted by atomic mass is 10.1. The lowest BCUT2D eigenvalue weighted by molar-refractivity contribution is 0.309. The molecule has 5 rings (SSSR count). The Labute approximate surface area is 169 Å². The van der Waals surface area contributed by atoms with E-state index in [1.807, 2.05) is 18.3 Å². The van der Waals surface area contributed by atoms with Gasteiger partial charge in [-0.2, -0.15) is 4.31 Å². The number of hydrogen-bond acceptors (Lipinski definition) is 6. The summed E-state index contributed by atoms with van der Waals surface area (Å²) >= 11 is 0. The average Bonchev–Trinajstić information content (AvgIpc) is 2.86. The van der Waals surface area contributed by atoms with Crippen LogP contribution in [0.3, 0.4) is 0 Å². The van der Waals surface area contributed by atoms with Gasteiger partial charge in [0.25, 0.3) is 0 Å². The first kappa shape index (κ1) is 18.1. The molecule has 0 bridgehead atoms. The molecule has 0 radical (unpaired) electrons. The van der Waals surface area contributed by atoms with Crippen LogP contribution in [0.25, 0.3) is 11.3 Å². The zero-order chi connectivity index (χ0) is 19.8. The number of anilines is 3. The minimum atomic E-state index is -3.37. The Morgan fingerprint density at radius 2 is 1.83 bits per heavy atom. The minimum absolute atomic E-state index is 0.311. The SMILES string of the molecule is O=S(=O)(c1ccc(Nc2ncc3c(n2)-c2ccccc2NCC3)cc1)N1CCC1. The van der Waals surface area contributed by atoms with Gasteiger partial charge >= 0.3 is 0 Å². The second-order valence-electron chi connectivity index (χ2n) is 7.20. The van der Waals surface area contributed by atoms with Crippen LogP contribution in [0.15, 0.2) is 59.6 Å². The van der Waals surface area contributed by atoms with Crippen molar-refractivity contribution in [3.63, 3.8) is 0 Å². The van der Waals surface area contributed by atoms with Crippen molar-refractivity contribution in [2.45, 2.75) is 17.7 Å². The average molecular weight is 407 g/mol. The number of hydrogen-bond donors (Lipinski definition) is 2. The van der Waals surface area contributed by atoms with Crippen LogP contribution in [0.2, 0.25) is 0 Å². The number of sulfonamides is 1. The first-order valence-corrected chi connectivity index (χ1v) is 11.1. The third kappa shape index (κ3) is 3.34. The molecule has 3 aromatic rings. The molecule has 0 atom stereocenters. The fraction of sp³-hybridized carbons (Fsp3) is 0.238. The van der Waals surface area contributed by atoms with E-state index in [9.17, 15) is 8.42 Å². The zero-order valence-corrected chi connectivity index (χ0v) is 16.6. The Bertz CT molecular complexity index is 1160. The number of para-hydroxylation sites is 1. The maximum atomic E-state index is 12.5. The molecule has 2 aromatic carbocycles. The highest BCUT2D eigenvalue weighted by Crippen LogP contribution is 2.32. The van der Waals surface area contributed by atoms with Gasteiger partial charge in [-0.05, 0) is 48.7 Å². The van der Waals surface area contributed by atoms with Gasteiger partial charge in [0, 0.05) is 42.8 Å². The number of aromatic nitrogens is 2. The predicted octanol–water partition coefficient (Wildman–Crippen LogP) is 3.25. The molecule has 0 saturated carbocycles. The Morgan fingerprint density at radius 3 is 2.59 bits per heavy atom. The molecule has 0 amide bonds. The number of nitrogens with one attached hydrogen (secondary N) is 2. The molecule has 0 unspecified atom stereocenters. The van der Waals surface area contributed by atoms with Crippen molar-refractivity contribution in [2.24, 2.45) is 0 Å². The second-order valence-corrected chi connectivity index (χ2v) is 9.13. The molecule has 0 aliphatic carbocycles. The van der Waals surface area contributed by atoms with E-state index in [-0.39, 0.29) is 0 Å². The number of fused-ring (bicyclic) bond motifs is 3. The smallest absolute Gasteiger partial charge is 0.243 e. The van der Waals surface area contributed by atoms with Gasteiger partial charge < -0.3 is 10.6 Å². The van der Waals surface area contributed by atoms with Crippen LogP contribution in [-0.2, 0) is 16.4 Å². The number of nitrogens with zero attached hydrogens (tertiary/aromatic N) is 3. The summed E-state index contributed by atoms with van der Waals surface area (Å²) in [7, 11) is -3.37. The second kappa shape index (κ2) is 7.13. The van der Waals surface area contributed by atoms with E-state index < -0.39 is 10.0 Å². The molecule has 148 valence electrons. The van der Waals surface area contributed by atoms with Gasteiger partial charge in [0.2, 0.25) is 16.0 Å². The van der Waals surface area contributed by atoms with E-state index >= 15 is 0 Å². The van der Waals surface area contributed by atoms with Crippen LogP contribution in [0, 0.1) is 0 Å². The lowest BCUT2D eigenvalue weighted by Gasteiger charge is -2.29. The van der Waals surface area contributed by atoms with E-state index in [1.54, 1.807) is 24.3 Å². The van der Waals surface area contributed by atoms with Crippen LogP contribution in [0.5, 0.6) is 0 Å². The van der Waals surface area contributed by atoms with Gasteiger partial charge in [-0.25, -0.2) is 18.4 Å². The Hall–Kier alpha value is -2.97. The molecular weight excluding hydrogens is 386 g/mol. The fourth-order valence-electron chi connectivity index (χ4n) is 3.57. The molecule has 29 heavy (non-hydrogen) atoms. The van der Waals surface area contributed by atoms with Crippen LogP contribution >= 0.6 is 0 Å². The number of rotatable bonds is 4. The van der Waals surface area contributed by atoms with Crippen molar-refractivity contribution in [1.29, 1.82) is 0 Å². The molecule has 2 aliphatic heterocycles. The van der Waals surface area contributed by atoms with Crippen LogP contribution in [-0.4, -0.2) is 42.3 Å². The maximum Gasteiger partial charge on any atom is 0.243 e. The summed E-state index contributed by atoms with van der Waals surface area (Å²) in [6.07, 6.45) is 3.64. The van der Waals surface area contributed by atoms with Gasteiger partial charge in [-0.15, -0.1) is 0 Å². The van der Waals surface area contributed by atoms with Gasteiger partial charge in [-0.3, -0.25) is 0 Å². The van der Waals surface area contributed by atoms with Crippen molar-refractivity contribution in [1.82, 2.24) is 14.3 Å². The zero-order valence-electron chi connectivity index (χ0n) is 15.8. The molecule has 2 N–H and O–H groups in total. The quantitative estimate of drug-likeness (QED) is 0.690. The summed E-state index contributed by atoms with van der Waals surface area (Å²) < 4.78 is 26.4. The molecule has 8 heteroatoms. The normalized spacial score (nSPS) is 16.0. The molecule has 2 aliphatic rings. The first-order chi connectivity index (χ1) is 14.1. The molecule has 1 saturated heterocycles. The van der Waals surface area contributed by atoms with E-state index in [4.69, 9.17) is 4.98 Å². The standard InChI is InChI=1S/C21H21N5O2S/c27-29(28,26-12-3-13-26)17-8-6-16(7-9-17)24-21-23-14-15-10-11-22-19-5-2-1-4-18(19)20(15)25-21/h1-2,4-9,14,22H,3,10-13H2,(H,23,24,25). The molecule has 3 heterocycles. The van der Waals surface area contributed by atoms with Crippen LogP contribution in [0.4, 0.5) is 17.3 Å². The van der Waals surface area contributed by atoms with Crippen molar-refractivity contribution >= 4 is 27.3 Å². The summed E-state index contributed by atoms with van der Waals surface area (Å²) in [5.74, 6) is 0.485. The van der Waals surface area contributed by atoms with Crippen molar-refractivity contribution in [2.75, 3.05) is 30.3 Å². The van der Waals surface area contributed by atoms with E-state index in [2.05, 4.69) is 27.8 Å². The van der Waals surface area contributed by atoms with Crippen molar-refractivity contribution < 1.29 is 8.42 Å². The predicted molar refractivity (Wildman–Crippen MR) is 113 cm³/mol. The van der Waals surface area contributed by atoms with Gasteiger partial charge in [0.1, 0.15) is 0 Å². The van der Waals surface area contributed by atoms with Gasteiger partial charge in [0.05, 0.1) is 10.6 Å². The molecule has 1 aromatic heterocycles. The van der Waals surface area contributed by atoms with Crippen LogP contribution < -0.4 is 10.6 Å². The van der Waals surface area contributed by atoms with Gasteiger partial charge in [0.15, 0.2) is 0 Å². The third-order valence-corrected chi connectivity index (χ3v) is 7.23. The Morgan fingerprint density at radius 1 is 1.03 bits per heavy atom. The summed E-state index contributed by atoms with van der Waals surface area (Å²) in [5.41, 5.74) is 4.88. The lowest BCUT2D eigenvalue weighted by Crippen LogP contribution is -2.41. The summed E-state index contributed by atoms with van der Waals surface area (Å²) in [6.45, 7) is 2.04. The third-order valence-electron chi connectivity index (χ3n) is 5.32. The first-order valence-electron chi connectivity index (χ1n) is 9.68. The molecule has 0 spiro atoms. The molecule has 1 fully saturated rings. The van der Waals surface area contributed by atoms with Gasteiger partial charge in [-0.1, -0.05) is 18.2 Å². The molecular formula is C21H21N5O2S. The van der Waals surface area contributed by atoms with Crippen molar-refractivity contribution in [3.8, 4) is 11.3 Å². The highest BCUT2D eigenvalue weighted by molar-refractivity contribution is 7.89. The topological polar surface area (TPSA) is 87.2 Å². The monoisotopic (exact) mass is 407 g/mol. The van der Waals surface area contributed by atoms with E-state index in [1.165, 1.54) is 4.31 Å². The Balaban J connectivity index is 1.42. The van der Waals surface area contributed by atoms with Crippen molar-refractivity contribution in [3.05, 3.63) is 60.3 Å². The summed E-state index contributed by atoms with van der Waals surface area (Å²) in [4.78, 5) is 9.50. The summed E-state index contributed by atoms with van der Waals surface area (Å²) in [6, 6.07) is 14.9. The van der Waals surface area contributed by atoms with E-state index in [0.717, 1.165) is 47.6 Å². The number of benzene rings is 2. The van der Waals surface area contributed by atoms with E-state index in [0.29, 0.717) is 23.9 Å². The molecule has 7 nitrogen and oxygen atoms in total. The minimum Gasteiger partial charge on any atom is -0.384 e. The highest BCUT2D eigenvalue weighted by atomic mass is 32.2.